The zero-order chi connectivity index (χ0) is 22.5. The molecule has 0 aliphatic heterocycles. The molecule has 0 fully saturated rings. The zero-order valence-electron chi connectivity index (χ0n) is 18.3. The SMILES string of the molecule is COc1ccc(C)cc1N([C@@H](C)C(=O)NCc1cccc(OC(C)C)c1)S(C)(=O)=O. The molecule has 164 valence electrons. The van der Waals surface area contributed by atoms with E-state index in [0.29, 0.717) is 17.2 Å². The first-order chi connectivity index (χ1) is 14.0. The van der Waals surface area contributed by atoms with Gasteiger partial charge in [0.15, 0.2) is 0 Å². The molecular weight excluding hydrogens is 404 g/mol. The van der Waals surface area contributed by atoms with Gasteiger partial charge < -0.3 is 14.8 Å². The van der Waals surface area contributed by atoms with Crippen molar-refractivity contribution >= 4 is 21.6 Å². The van der Waals surface area contributed by atoms with Gasteiger partial charge in [0, 0.05) is 6.54 Å². The van der Waals surface area contributed by atoms with Crippen molar-refractivity contribution in [3.63, 3.8) is 0 Å². The number of methoxy groups -OCH3 is 1. The van der Waals surface area contributed by atoms with Crippen LogP contribution in [0.5, 0.6) is 11.5 Å². The highest BCUT2D eigenvalue weighted by Gasteiger charge is 2.31. The van der Waals surface area contributed by atoms with E-state index in [9.17, 15) is 13.2 Å². The normalized spacial score (nSPS) is 12.4. The lowest BCUT2D eigenvalue weighted by molar-refractivity contribution is -0.122. The Hall–Kier alpha value is -2.74. The smallest absolute Gasteiger partial charge is 0.243 e. The summed E-state index contributed by atoms with van der Waals surface area (Å²) >= 11 is 0. The summed E-state index contributed by atoms with van der Waals surface area (Å²) < 4.78 is 37.2. The highest BCUT2D eigenvalue weighted by molar-refractivity contribution is 7.92. The minimum Gasteiger partial charge on any atom is -0.495 e. The Bertz CT molecular complexity index is 989. The Kier molecular flexibility index (Phi) is 7.72. The first-order valence-electron chi connectivity index (χ1n) is 9.70. The van der Waals surface area contributed by atoms with E-state index >= 15 is 0 Å². The average molecular weight is 435 g/mol. The fourth-order valence-corrected chi connectivity index (χ4v) is 4.26. The van der Waals surface area contributed by atoms with E-state index in [1.807, 2.05) is 51.1 Å². The maximum absolute atomic E-state index is 12.8. The van der Waals surface area contributed by atoms with Crippen LogP contribution < -0.4 is 19.1 Å². The third kappa shape index (κ3) is 6.13. The standard InChI is InChI=1S/C22H30N2O5S/c1-15(2)29-19-9-7-8-18(13-19)14-23-22(25)17(4)24(30(6,26)27)20-12-16(3)10-11-21(20)28-5/h7-13,15,17H,14H2,1-6H3,(H,23,25)/t17-/m0/s1. The van der Waals surface area contributed by atoms with Crippen molar-refractivity contribution in [2.24, 2.45) is 0 Å². The van der Waals surface area contributed by atoms with Crippen molar-refractivity contribution in [2.75, 3.05) is 17.7 Å². The van der Waals surface area contributed by atoms with Crippen molar-refractivity contribution < 1.29 is 22.7 Å². The molecule has 0 aliphatic carbocycles. The van der Waals surface area contributed by atoms with Crippen molar-refractivity contribution in [2.45, 2.75) is 46.4 Å². The molecule has 2 aromatic carbocycles. The largest absolute Gasteiger partial charge is 0.495 e. The number of rotatable bonds is 9. The number of carbonyl (C=O) groups excluding carboxylic acids is 1. The van der Waals surface area contributed by atoms with Gasteiger partial charge in [0.2, 0.25) is 15.9 Å². The number of benzene rings is 2. The molecule has 0 radical (unpaired) electrons. The van der Waals surface area contributed by atoms with Gasteiger partial charge >= 0.3 is 0 Å². The highest BCUT2D eigenvalue weighted by atomic mass is 32.2. The summed E-state index contributed by atoms with van der Waals surface area (Å²) in [6.07, 6.45) is 1.12. The van der Waals surface area contributed by atoms with Gasteiger partial charge in [0.05, 0.1) is 25.2 Å². The second-order valence-electron chi connectivity index (χ2n) is 7.44. The topological polar surface area (TPSA) is 84.9 Å². The third-order valence-corrected chi connectivity index (χ3v) is 5.62. The monoisotopic (exact) mass is 434 g/mol. The number of sulfonamides is 1. The van der Waals surface area contributed by atoms with Gasteiger partial charge in [-0.1, -0.05) is 18.2 Å². The summed E-state index contributed by atoms with van der Waals surface area (Å²) in [5.74, 6) is 0.676. The average Bonchev–Trinajstić information content (AvgIpc) is 2.65. The third-order valence-electron chi connectivity index (χ3n) is 4.40. The van der Waals surface area contributed by atoms with E-state index in [0.717, 1.165) is 21.7 Å². The molecule has 0 saturated carbocycles. The fourth-order valence-electron chi connectivity index (χ4n) is 3.09. The molecule has 0 aliphatic rings. The second kappa shape index (κ2) is 9.84. The maximum Gasteiger partial charge on any atom is 0.243 e. The van der Waals surface area contributed by atoms with Crippen molar-refractivity contribution in [3.8, 4) is 11.5 Å². The van der Waals surface area contributed by atoms with Crippen LogP contribution in [0, 0.1) is 6.92 Å². The predicted octanol–water partition coefficient (Wildman–Crippen LogP) is 3.26. The predicted molar refractivity (Wildman–Crippen MR) is 119 cm³/mol. The van der Waals surface area contributed by atoms with Crippen LogP contribution in [-0.4, -0.2) is 39.8 Å². The van der Waals surface area contributed by atoms with Gasteiger partial charge in [-0.15, -0.1) is 0 Å². The molecule has 0 heterocycles. The number of nitrogens with one attached hydrogen (secondary N) is 1. The molecule has 30 heavy (non-hydrogen) atoms. The van der Waals surface area contributed by atoms with Gasteiger partial charge in [-0.2, -0.15) is 0 Å². The van der Waals surface area contributed by atoms with E-state index in [1.165, 1.54) is 7.11 Å². The quantitative estimate of drug-likeness (QED) is 0.655. The number of carbonyl (C=O) groups is 1. The Balaban J connectivity index is 2.22. The minimum absolute atomic E-state index is 0.0440. The molecule has 2 rings (SSSR count). The summed E-state index contributed by atoms with van der Waals surface area (Å²) in [6, 6.07) is 11.7. The number of aryl methyl sites for hydroxylation is 1. The van der Waals surface area contributed by atoms with E-state index in [1.54, 1.807) is 19.1 Å². The lowest BCUT2D eigenvalue weighted by Gasteiger charge is -2.29. The summed E-state index contributed by atoms with van der Waals surface area (Å²) in [6.45, 7) is 7.53. The van der Waals surface area contributed by atoms with Crippen LogP contribution in [0.1, 0.15) is 31.9 Å². The summed E-state index contributed by atoms with van der Waals surface area (Å²) in [7, 11) is -2.28. The number of hydrogen-bond donors (Lipinski definition) is 1. The Morgan fingerprint density at radius 1 is 1.13 bits per heavy atom. The van der Waals surface area contributed by atoms with Crippen molar-refractivity contribution in [1.29, 1.82) is 0 Å². The minimum atomic E-state index is -3.74. The van der Waals surface area contributed by atoms with Crippen LogP contribution in [0.3, 0.4) is 0 Å². The van der Waals surface area contributed by atoms with Gasteiger partial charge in [-0.3, -0.25) is 9.10 Å². The number of amides is 1. The van der Waals surface area contributed by atoms with E-state index in [2.05, 4.69) is 5.32 Å². The molecule has 0 aromatic heterocycles. The molecule has 2 aromatic rings. The van der Waals surface area contributed by atoms with E-state index in [-0.39, 0.29) is 12.6 Å². The molecule has 0 spiro atoms. The molecule has 7 nitrogen and oxygen atoms in total. The van der Waals surface area contributed by atoms with Gasteiger partial charge in [-0.05, 0) is 63.1 Å². The number of ether oxygens (including phenoxy) is 2. The Labute approximate surface area is 179 Å². The molecule has 0 bridgehead atoms. The van der Waals surface area contributed by atoms with Crippen LogP contribution in [0.25, 0.3) is 0 Å². The Morgan fingerprint density at radius 2 is 1.83 bits per heavy atom. The highest BCUT2D eigenvalue weighted by Crippen LogP contribution is 2.32. The number of hydrogen-bond acceptors (Lipinski definition) is 5. The molecule has 1 N–H and O–H groups in total. The van der Waals surface area contributed by atoms with E-state index < -0.39 is 22.0 Å². The van der Waals surface area contributed by atoms with Crippen molar-refractivity contribution in [3.05, 3.63) is 53.6 Å². The molecule has 8 heteroatoms. The first kappa shape index (κ1) is 23.5. The van der Waals surface area contributed by atoms with Gasteiger partial charge in [0.25, 0.3) is 0 Å². The zero-order valence-corrected chi connectivity index (χ0v) is 19.1. The van der Waals surface area contributed by atoms with Crippen LogP contribution >= 0.6 is 0 Å². The van der Waals surface area contributed by atoms with Crippen LogP contribution in [0.4, 0.5) is 5.69 Å². The second-order valence-corrected chi connectivity index (χ2v) is 9.30. The van der Waals surface area contributed by atoms with Crippen molar-refractivity contribution in [1.82, 2.24) is 5.32 Å². The summed E-state index contributed by atoms with van der Waals surface area (Å²) in [5, 5.41) is 2.81. The molecule has 1 amide bonds. The van der Waals surface area contributed by atoms with Crippen LogP contribution in [0.15, 0.2) is 42.5 Å². The molecule has 1 atom stereocenters. The molecular formula is C22H30N2O5S. The first-order valence-corrected chi connectivity index (χ1v) is 11.5. The summed E-state index contributed by atoms with van der Waals surface area (Å²) in [5.41, 5.74) is 2.04. The fraction of sp³-hybridized carbons (Fsp3) is 0.409. The molecule has 0 saturated heterocycles. The lowest BCUT2D eigenvalue weighted by Crippen LogP contribution is -2.47. The van der Waals surface area contributed by atoms with Gasteiger partial charge in [-0.25, -0.2) is 8.42 Å². The van der Waals surface area contributed by atoms with Crippen LogP contribution in [-0.2, 0) is 21.4 Å². The van der Waals surface area contributed by atoms with Crippen LogP contribution in [0.2, 0.25) is 0 Å². The van der Waals surface area contributed by atoms with Gasteiger partial charge in [0.1, 0.15) is 17.5 Å². The number of anilines is 1. The Morgan fingerprint density at radius 3 is 2.43 bits per heavy atom. The number of nitrogens with zero attached hydrogens (tertiary/aromatic N) is 1. The lowest BCUT2D eigenvalue weighted by atomic mass is 10.1. The summed E-state index contributed by atoms with van der Waals surface area (Å²) in [4.78, 5) is 12.8. The maximum atomic E-state index is 12.8. The van der Waals surface area contributed by atoms with E-state index in [4.69, 9.17) is 9.47 Å². The molecule has 0 unspecified atom stereocenters.